The Hall–Kier alpha value is -0.640. The predicted octanol–water partition coefficient (Wildman–Crippen LogP) is 2.48. The Kier molecular flexibility index (Phi) is 3.95. The van der Waals surface area contributed by atoms with E-state index >= 15 is 0 Å². The van der Waals surface area contributed by atoms with E-state index in [2.05, 4.69) is 4.90 Å². The number of rotatable bonds is 2. The van der Waals surface area contributed by atoms with Crippen molar-refractivity contribution in [2.75, 3.05) is 6.54 Å². The Morgan fingerprint density at radius 2 is 1.83 bits per heavy atom. The minimum atomic E-state index is -0.700. The van der Waals surface area contributed by atoms with Crippen LogP contribution in [0.15, 0.2) is 0 Å². The molecule has 2 atom stereocenters. The lowest BCUT2D eigenvalue weighted by molar-refractivity contribution is -0.143. The molecule has 0 spiro atoms. The quantitative estimate of drug-likeness (QED) is 0.783. The molecule has 1 aliphatic carbocycles. The molecule has 0 aromatic rings. The first-order chi connectivity index (χ1) is 8.44. The van der Waals surface area contributed by atoms with Crippen LogP contribution in [0.25, 0.3) is 0 Å². The second-order valence-electron chi connectivity index (χ2n) is 6.24. The van der Waals surface area contributed by atoms with Gasteiger partial charge >= 0.3 is 0 Å². The van der Waals surface area contributed by atoms with Gasteiger partial charge in [0.2, 0.25) is 5.91 Å². The first-order valence-corrected chi connectivity index (χ1v) is 7.46. The van der Waals surface area contributed by atoms with Crippen molar-refractivity contribution in [3.63, 3.8) is 0 Å². The average Bonchev–Trinajstić information content (AvgIpc) is 2.37. The Morgan fingerprint density at radius 3 is 2.50 bits per heavy atom. The van der Waals surface area contributed by atoms with E-state index in [0.29, 0.717) is 16.9 Å². The fraction of sp³-hybridized carbons (Fsp3) is 0.857. The number of fused-ring (bicyclic) bond motifs is 1. The SMILES string of the molecule is CC(C)(C(=O)N1CCCC2CCCCC21)C(N)=S. The van der Waals surface area contributed by atoms with Crippen LogP contribution in [-0.4, -0.2) is 28.4 Å². The molecule has 0 bridgehead atoms. The molecule has 1 amide bonds. The zero-order valence-corrected chi connectivity index (χ0v) is 12.3. The molecule has 1 saturated heterocycles. The molecule has 3 nitrogen and oxygen atoms in total. The molecule has 2 N–H and O–H groups in total. The molecule has 2 unspecified atom stereocenters. The summed E-state index contributed by atoms with van der Waals surface area (Å²) in [6.45, 7) is 4.58. The van der Waals surface area contributed by atoms with Gasteiger partial charge in [0.15, 0.2) is 0 Å². The lowest BCUT2D eigenvalue weighted by atomic mass is 9.77. The summed E-state index contributed by atoms with van der Waals surface area (Å²) in [5, 5.41) is 0. The fourth-order valence-electron chi connectivity index (χ4n) is 3.34. The van der Waals surface area contributed by atoms with Crippen molar-refractivity contribution in [1.82, 2.24) is 4.90 Å². The maximum Gasteiger partial charge on any atom is 0.235 e. The van der Waals surface area contributed by atoms with Crippen LogP contribution >= 0.6 is 12.2 Å². The van der Waals surface area contributed by atoms with E-state index in [4.69, 9.17) is 18.0 Å². The summed E-state index contributed by atoms with van der Waals surface area (Å²) in [5.41, 5.74) is 5.03. The number of carbonyl (C=O) groups excluding carboxylic acids is 1. The van der Waals surface area contributed by atoms with E-state index in [-0.39, 0.29) is 5.91 Å². The van der Waals surface area contributed by atoms with E-state index in [9.17, 15) is 4.79 Å². The summed E-state index contributed by atoms with van der Waals surface area (Å²) >= 11 is 5.05. The standard InChI is InChI=1S/C14H24N2OS/c1-14(2,12(15)18)13(17)16-9-5-7-10-6-3-4-8-11(10)16/h10-11H,3-9H2,1-2H3,(H2,15,18). The Morgan fingerprint density at radius 1 is 1.22 bits per heavy atom. The van der Waals surface area contributed by atoms with Crippen LogP contribution < -0.4 is 5.73 Å². The summed E-state index contributed by atoms with van der Waals surface area (Å²) in [6, 6.07) is 0.439. The maximum atomic E-state index is 12.7. The molecular weight excluding hydrogens is 244 g/mol. The topological polar surface area (TPSA) is 46.3 Å². The van der Waals surface area contributed by atoms with E-state index in [1.807, 2.05) is 13.8 Å². The van der Waals surface area contributed by atoms with Gasteiger partial charge in [-0.3, -0.25) is 4.79 Å². The van der Waals surface area contributed by atoms with Crippen LogP contribution in [-0.2, 0) is 4.79 Å². The molecule has 0 aromatic carbocycles. The second kappa shape index (κ2) is 5.16. The van der Waals surface area contributed by atoms with Crippen LogP contribution in [0.2, 0.25) is 0 Å². The number of amides is 1. The highest BCUT2D eigenvalue weighted by molar-refractivity contribution is 7.80. The molecule has 1 heterocycles. The zero-order chi connectivity index (χ0) is 13.3. The van der Waals surface area contributed by atoms with Crippen molar-refractivity contribution >= 4 is 23.1 Å². The Labute approximate surface area is 115 Å². The number of hydrogen-bond donors (Lipinski definition) is 1. The third kappa shape index (κ3) is 2.40. The van der Waals surface area contributed by atoms with Gasteiger partial charge in [-0.1, -0.05) is 25.1 Å². The van der Waals surface area contributed by atoms with Gasteiger partial charge in [-0.15, -0.1) is 0 Å². The molecular formula is C14H24N2OS. The van der Waals surface area contributed by atoms with Crippen LogP contribution in [0.5, 0.6) is 0 Å². The first kappa shape index (κ1) is 13.8. The van der Waals surface area contributed by atoms with Crippen molar-refractivity contribution < 1.29 is 4.79 Å². The number of nitrogens with two attached hydrogens (primary N) is 1. The third-order valence-corrected chi connectivity index (χ3v) is 5.17. The van der Waals surface area contributed by atoms with Crippen LogP contribution in [0, 0.1) is 11.3 Å². The second-order valence-corrected chi connectivity index (χ2v) is 6.68. The lowest BCUT2D eigenvalue weighted by Crippen LogP contribution is -2.55. The predicted molar refractivity (Wildman–Crippen MR) is 77.3 cm³/mol. The number of hydrogen-bond acceptors (Lipinski definition) is 2. The largest absolute Gasteiger partial charge is 0.392 e. The van der Waals surface area contributed by atoms with Crippen molar-refractivity contribution in [3.8, 4) is 0 Å². The number of likely N-dealkylation sites (tertiary alicyclic amines) is 1. The molecule has 0 aromatic heterocycles. The van der Waals surface area contributed by atoms with Gasteiger partial charge in [0, 0.05) is 12.6 Å². The number of nitrogens with zero attached hydrogens (tertiary/aromatic N) is 1. The molecule has 1 aliphatic heterocycles. The summed E-state index contributed by atoms with van der Waals surface area (Å²) in [7, 11) is 0. The van der Waals surface area contributed by atoms with Gasteiger partial charge in [-0.2, -0.15) is 0 Å². The van der Waals surface area contributed by atoms with Crippen molar-refractivity contribution in [2.24, 2.45) is 17.1 Å². The van der Waals surface area contributed by atoms with E-state index in [1.54, 1.807) is 0 Å². The van der Waals surface area contributed by atoms with Gasteiger partial charge in [0.25, 0.3) is 0 Å². The summed E-state index contributed by atoms with van der Waals surface area (Å²) in [4.78, 5) is 15.1. The average molecular weight is 268 g/mol. The Balaban J connectivity index is 2.16. The van der Waals surface area contributed by atoms with Crippen molar-refractivity contribution in [3.05, 3.63) is 0 Å². The van der Waals surface area contributed by atoms with Crippen molar-refractivity contribution in [2.45, 2.75) is 58.4 Å². The van der Waals surface area contributed by atoms with Gasteiger partial charge in [-0.25, -0.2) is 0 Å². The highest BCUT2D eigenvalue weighted by Crippen LogP contribution is 2.37. The number of carbonyl (C=O) groups is 1. The van der Waals surface area contributed by atoms with Crippen LogP contribution in [0.4, 0.5) is 0 Å². The van der Waals surface area contributed by atoms with E-state index in [1.165, 1.54) is 25.7 Å². The van der Waals surface area contributed by atoms with E-state index in [0.717, 1.165) is 19.4 Å². The molecule has 102 valence electrons. The Bertz CT molecular complexity index is 352. The number of piperidine rings is 1. The fourth-order valence-corrected chi connectivity index (χ4v) is 3.43. The van der Waals surface area contributed by atoms with Crippen LogP contribution in [0.1, 0.15) is 52.4 Å². The number of thiocarbonyl (C=S) groups is 1. The van der Waals surface area contributed by atoms with Gasteiger partial charge in [-0.05, 0) is 45.4 Å². The normalized spacial score (nSPS) is 28.7. The lowest BCUT2D eigenvalue weighted by Gasteiger charge is -2.46. The summed E-state index contributed by atoms with van der Waals surface area (Å²) in [6.07, 6.45) is 7.41. The minimum absolute atomic E-state index is 0.131. The smallest absolute Gasteiger partial charge is 0.235 e. The van der Waals surface area contributed by atoms with Crippen LogP contribution in [0.3, 0.4) is 0 Å². The molecule has 18 heavy (non-hydrogen) atoms. The molecule has 4 heteroatoms. The third-order valence-electron chi connectivity index (χ3n) is 4.65. The van der Waals surface area contributed by atoms with Crippen molar-refractivity contribution in [1.29, 1.82) is 0 Å². The van der Waals surface area contributed by atoms with E-state index < -0.39 is 5.41 Å². The highest BCUT2D eigenvalue weighted by atomic mass is 32.1. The molecule has 0 radical (unpaired) electrons. The van der Waals surface area contributed by atoms with Gasteiger partial charge < -0.3 is 10.6 Å². The minimum Gasteiger partial charge on any atom is -0.392 e. The zero-order valence-electron chi connectivity index (χ0n) is 11.4. The first-order valence-electron chi connectivity index (χ1n) is 7.05. The maximum absolute atomic E-state index is 12.7. The molecule has 2 rings (SSSR count). The monoisotopic (exact) mass is 268 g/mol. The summed E-state index contributed by atoms with van der Waals surface area (Å²) < 4.78 is 0. The highest BCUT2D eigenvalue weighted by Gasteiger charge is 2.42. The van der Waals surface area contributed by atoms with Gasteiger partial charge in [0.05, 0.1) is 10.4 Å². The molecule has 1 saturated carbocycles. The van der Waals surface area contributed by atoms with Gasteiger partial charge in [0.1, 0.15) is 0 Å². The summed E-state index contributed by atoms with van der Waals surface area (Å²) in [5.74, 6) is 0.838. The molecule has 2 aliphatic rings. The molecule has 2 fully saturated rings.